The van der Waals surface area contributed by atoms with Crippen molar-refractivity contribution in [3.05, 3.63) is 0 Å². The van der Waals surface area contributed by atoms with E-state index in [1.807, 2.05) is 0 Å². The van der Waals surface area contributed by atoms with Crippen molar-refractivity contribution >= 4 is 6.03 Å². The summed E-state index contributed by atoms with van der Waals surface area (Å²) in [4.78, 5) is 11.4. The molecule has 1 aliphatic heterocycles. The summed E-state index contributed by atoms with van der Waals surface area (Å²) in [5.41, 5.74) is 4.53. The predicted octanol–water partition coefficient (Wildman–Crippen LogP) is 0.0785. The van der Waals surface area contributed by atoms with E-state index in [4.69, 9.17) is 0 Å². The van der Waals surface area contributed by atoms with Crippen molar-refractivity contribution in [2.45, 2.75) is 6.18 Å². The Labute approximate surface area is 66.7 Å². The first-order valence-electron chi connectivity index (χ1n) is 3.33. The molecule has 1 saturated heterocycles. The van der Waals surface area contributed by atoms with Crippen molar-refractivity contribution in [1.29, 1.82) is 0 Å². The fourth-order valence-corrected chi connectivity index (χ4v) is 0.877. The fraction of sp³-hybridized carbons (Fsp3) is 0.800. The number of nitrogens with one attached hydrogen (secondary N) is 2. The van der Waals surface area contributed by atoms with Crippen molar-refractivity contribution in [3.63, 3.8) is 0 Å². The van der Waals surface area contributed by atoms with Gasteiger partial charge in [0, 0.05) is 13.1 Å². The molecule has 70 valence electrons. The summed E-state index contributed by atoms with van der Waals surface area (Å²) in [6.07, 6.45) is -4.32. The molecule has 0 atom stereocenters. The van der Waals surface area contributed by atoms with Crippen LogP contribution in [0.15, 0.2) is 0 Å². The lowest BCUT2D eigenvalue weighted by molar-refractivity contribution is -0.140. The van der Waals surface area contributed by atoms with Crippen LogP contribution in [-0.2, 0) is 0 Å². The van der Waals surface area contributed by atoms with Crippen LogP contribution in [0.25, 0.3) is 0 Å². The van der Waals surface area contributed by atoms with Gasteiger partial charge < -0.3 is 4.90 Å². The molecule has 0 saturated carbocycles. The number of rotatable bonds is 1. The van der Waals surface area contributed by atoms with Gasteiger partial charge in [0.05, 0.1) is 0 Å². The van der Waals surface area contributed by atoms with Gasteiger partial charge in [-0.3, -0.25) is 5.43 Å². The van der Waals surface area contributed by atoms with Gasteiger partial charge in [-0.1, -0.05) is 0 Å². The molecule has 0 unspecified atom stereocenters. The molecule has 1 fully saturated rings. The number of hydrogen-bond donors (Lipinski definition) is 2. The SMILES string of the molecule is O=C1NNCCN1CC(F)(F)F. The minimum atomic E-state index is -4.32. The van der Waals surface area contributed by atoms with Crippen LogP contribution in [0.3, 0.4) is 0 Å². The summed E-state index contributed by atoms with van der Waals surface area (Å²) in [5, 5.41) is 0. The maximum Gasteiger partial charge on any atom is 0.406 e. The average molecular weight is 183 g/mol. The fourth-order valence-electron chi connectivity index (χ4n) is 0.877. The molecule has 0 aromatic carbocycles. The lowest BCUT2D eigenvalue weighted by Gasteiger charge is -2.28. The minimum Gasteiger partial charge on any atom is -0.313 e. The normalized spacial score (nSPS) is 19.2. The number of carbonyl (C=O) groups is 1. The lowest BCUT2D eigenvalue weighted by Crippen LogP contribution is -2.57. The molecule has 0 radical (unpaired) electrons. The monoisotopic (exact) mass is 183 g/mol. The van der Waals surface area contributed by atoms with Crippen LogP contribution in [-0.4, -0.2) is 36.7 Å². The van der Waals surface area contributed by atoms with E-state index in [1.165, 1.54) is 0 Å². The van der Waals surface area contributed by atoms with E-state index < -0.39 is 18.8 Å². The first-order chi connectivity index (χ1) is 5.49. The molecule has 0 bridgehead atoms. The highest BCUT2D eigenvalue weighted by Gasteiger charge is 2.33. The van der Waals surface area contributed by atoms with Gasteiger partial charge in [-0.15, -0.1) is 0 Å². The van der Waals surface area contributed by atoms with Crippen molar-refractivity contribution in [2.24, 2.45) is 0 Å². The van der Waals surface area contributed by atoms with Gasteiger partial charge in [0.1, 0.15) is 6.54 Å². The van der Waals surface area contributed by atoms with Gasteiger partial charge in [0.25, 0.3) is 0 Å². The summed E-state index contributed by atoms with van der Waals surface area (Å²) in [6.45, 7) is -0.798. The molecule has 0 spiro atoms. The van der Waals surface area contributed by atoms with Gasteiger partial charge in [-0.05, 0) is 0 Å². The van der Waals surface area contributed by atoms with Crippen molar-refractivity contribution in [1.82, 2.24) is 15.8 Å². The Morgan fingerprint density at radius 3 is 2.67 bits per heavy atom. The zero-order valence-corrected chi connectivity index (χ0v) is 6.11. The van der Waals surface area contributed by atoms with E-state index in [-0.39, 0.29) is 6.54 Å². The van der Waals surface area contributed by atoms with Crippen molar-refractivity contribution in [3.8, 4) is 0 Å². The van der Waals surface area contributed by atoms with Crippen molar-refractivity contribution < 1.29 is 18.0 Å². The van der Waals surface area contributed by atoms with Gasteiger partial charge in [-0.25, -0.2) is 10.2 Å². The molecule has 4 nitrogen and oxygen atoms in total. The van der Waals surface area contributed by atoms with E-state index in [2.05, 4.69) is 10.9 Å². The van der Waals surface area contributed by atoms with E-state index in [1.54, 1.807) is 0 Å². The quantitative estimate of drug-likeness (QED) is 0.604. The van der Waals surface area contributed by atoms with Crippen LogP contribution in [0.1, 0.15) is 0 Å². The van der Waals surface area contributed by atoms with Gasteiger partial charge in [0.15, 0.2) is 0 Å². The highest BCUT2D eigenvalue weighted by atomic mass is 19.4. The smallest absolute Gasteiger partial charge is 0.313 e. The Morgan fingerprint density at radius 2 is 2.17 bits per heavy atom. The standard InChI is InChI=1S/C5H8F3N3O/c6-5(7,8)3-11-2-1-9-10-4(11)12/h9H,1-3H2,(H,10,12). The molecular formula is C5H8F3N3O. The largest absolute Gasteiger partial charge is 0.406 e. The number of carbonyl (C=O) groups excluding carboxylic acids is 1. The highest BCUT2D eigenvalue weighted by Crippen LogP contribution is 2.16. The van der Waals surface area contributed by atoms with E-state index >= 15 is 0 Å². The Kier molecular flexibility index (Phi) is 2.41. The second-order valence-corrected chi connectivity index (χ2v) is 2.39. The number of amides is 2. The third-order valence-corrected chi connectivity index (χ3v) is 1.36. The van der Waals surface area contributed by atoms with E-state index in [0.29, 0.717) is 11.4 Å². The summed E-state index contributed by atoms with van der Waals surface area (Å²) in [5.74, 6) is 0. The molecule has 2 amide bonds. The topological polar surface area (TPSA) is 44.4 Å². The third kappa shape index (κ3) is 2.57. The number of hydrogen-bond acceptors (Lipinski definition) is 2. The second kappa shape index (κ2) is 3.18. The molecule has 1 rings (SSSR count). The van der Waals surface area contributed by atoms with Crippen LogP contribution in [0.2, 0.25) is 0 Å². The van der Waals surface area contributed by atoms with Gasteiger partial charge in [-0.2, -0.15) is 13.2 Å². The summed E-state index contributed by atoms with van der Waals surface area (Å²) < 4.78 is 35.3. The average Bonchev–Trinajstić information content (AvgIpc) is 1.91. The van der Waals surface area contributed by atoms with Gasteiger partial charge in [0.2, 0.25) is 0 Å². The zero-order chi connectivity index (χ0) is 9.19. The van der Waals surface area contributed by atoms with Crippen LogP contribution in [0.4, 0.5) is 18.0 Å². The molecule has 0 aromatic rings. The summed E-state index contributed by atoms with van der Waals surface area (Å²) in [7, 11) is 0. The van der Waals surface area contributed by atoms with E-state index in [9.17, 15) is 18.0 Å². The first kappa shape index (κ1) is 9.11. The van der Waals surface area contributed by atoms with Crippen molar-refractivity contribution in [2.75, 3.05) is 19.6 Å². The number of alkyl halides is 3. The molecule has 7 heteroatoms. The number of urea groups is 1. The van der Waals surface area contributed by atoms with Gasteiger partial charge >= 0.3 is 12.2 Å². The Bertz CT molecular complexity index is 181. The summed E-state index contributed by atoms with van der Waals surface area (Å²) in [6, 6.07) is -0.737. The zero-order valence-electron chi connectivity index (χ0n) is 6.11. The second-order valence-electron chi connectivity index (χ2n) is 2.39. The number of nitrogens with zero attached hydrogens (tertiary/aromatic N) is 1. The first-order valence-corrected chi connectivity index (χ1v) is 3.33. The lowest BCUT2D eigenvalue weighted by atomic mass is 10.4. The molecule has 2 N–H and O–H groups in total. The number of halogens is 3. The molecular weight excluding hydrogens is 175 g/mol. The maximum atomic E-state index is 11.8. The number of hydrazine groups is 1. The maximum absolute atomic E-state index is 11.8. The van der Waals surface area contributed by atoms with Crippen LogP contribution in [0, 0.1) is 0 Å². The molecule has 1 aliphatic rings. The summed E-state index contributed by atoms with van der Waals surface area (Å²) >= 11 is 0. The molecule has 0 aromatic heterocycles. The van der Waals surface area contributed by atoms with Crippen LogP contribution >= 0.6 is 0 Å². The Balaban J connectivity index is 2.45. The minimum absolute atomic E-state index is 0.0747. The van der Waals surface area contributed by atoms with E-state index in [0.717, 1.165) is 0 Å². The molecule has 0 aliphatic carbocycles. The van der Waals surface area contributed by atoms with Crippen LogP contribution < -0.4 is 10.9 Å². The highest BCUT2D eigenvalue weighted by molar-refractivity contribution is 5.74. The predicted molar refractivity (Wildman–Crippen MR) is 34.2 cm³/mol. The van der Waals surface area contributed by atoms with Crippen LogP contribution in [0.5, 0.6) is 0 Å². The Hall–Kier alpha value is -0.980. The third-order valence-electron chi connectivity index (χ3n) is 1.36. The molecule has 1 heterocycles. The Morgan fingerprint density at radius 1 is 1.50 bits per heavy atom. The molecule has 12 heavy (non-hydrogen) atoms.